The van der Waals surface area contributed by atoms with Gasteiger partial charge in [-0.3, -0.25) is 0 Å². The van der Waals surface area contributed by atoms with Gasteiger partial charge in [-0.25, -0.2) is 0 Å². The second-order valence-corrected chi connectivity index (χ2v) is 11.9. The van der Waals surface area contributed by atoms with Gasteiger partial charge in [0, 0.05) is 6.61 Å². The van der Waals surface area contributed by atoms with E-state index in [1.54, 1.807) is 7.11 Å². The van der Waals surface area contributed by atoms with Crippen LogP contribution in [0.4, 0.5) is 0 Å². The van der Waals surface area contributed by atoms with Gasteiger partial charge < -0.3 is 9.47 Å². The standard InChI is InChI=1S/C36H66O2/c1-4-6-8-10-12-14-18-22-26-34(25-21-17-11-9-7-5-2)27-23-19-15-13-16-20-24-32-38-33-35-28-30-36(37-3)31-29-35/h28-31,34H,4-27,32-33H2,1-3H3. The van der Waals surface area contributed by atoms with Crippen LogP contribution in [0.15, 0.2) is 24.3 Å². The summed E-state index contributed by atoms with van der Waals surface area (Å²) in [6.45, 7) is 6.22. The zero-order valence-electron chi connectivity index (χ0n) is 26.1. The Morgan fingerprint density at radius 3 is 1.32 bits per heavy atom. The third-order valence-corrected chi connectivity index (χ3v) is 8.26. The molecule has 2 nitrogen and oxygen atoms in total. The number of unbranched alkanes of at least 4 members (excludes halogenated alkanes) is 18. The molecule has 1 atom stereocenters. The zero-order chi connectivity index (χ0) is 27.4. The van der Waals surface area contributed by atoms with E-state index in [0.29, 0.717) is 6.61 Å². The third-order valence-electron chi connectivity index (χ3n) is 8.26. The molecular formula is C36H66O2. The highest BCUT2D eigenvalue weighted by atomic mass is 16.5. The van der Waals surface area contributed by atoms with Crippen molar-refractivity contribution >= 4 is 0 Å². The molecule has 222 valence electrons. The van der Waals surface area contributed by atoms with Crippen molar-refractivity contribution in [1.29, 1.82) is 0 Å². The summed E-state index contributed by atoms with van der Waals surface area (Å²) < 4.78 is 11.1. The Morgan fingerprint density at radius 1 is 0.500 bits per heavy atom. The van der Waals surface area contributed by atoms with Gasteiger partial charge in [-0.05, 0) is 30.0 Å². The Kier molecular flexibility index (Phi) is 25.4. The summed E-state index contributed by atoms with van der Waals surface area (Å²) >= 11 is 0. The number of ether oxygens (including phenoxy) is 2. The highest BCUT2D eigenvalue weighted by Gasteiger charge is 2.09. The first-order valence-electron chi connectivity index (χ1n) is 17.0. The molecule has 0 amide bonds. The van der Waals surface area contributed by atoms with Crippen LogP contribution >= 0.6 is 0 Å². The number of hydrogen-bond acceptors (Lipinski definition) is 2. The second kappa shape index (κ2) is 27.5. The van der Waals surface area contributed by atoms with E-state index < -0.39 is 0 Å². The van der Waals surface area contributed by atoms with Crippen LogP contribution < -0.4 is 4.74 Å². The topological polar surface area (TPSA) is 18.5 Å². The molecule has 0 fully saturated rings. The van der Waals surface area contributed by atoms with Gasteiger partial charge in [0.05, 0.1) is 13.7 Å². The summed E-state index contributed by atoms with van der Waals surface area (Å²) in [6, 6.07) is 8.19. The lowest BCUT2D eigenvalue weighted by molar-refractivity contribution is 0.116. The van der Waals surface area contributed by atoms with Gasteiger partial charge in [-0.15, -0.1) is 0 Å². The molecule has 0 aliphatic rings. The van der Waals surface area contributed by atoms with Crippen molar-refractivity contribution in [2.75, 3.05) is 13.7 Å². The highest BCUT2D eigenvalue weighted by molar-refractivity contribution is 5.26. The number of hydrogen-bond donors (Lipinski definition) is 0. The predicted octanol–water partition coefficient (Wildman–Crippen LogP) is 12.2. The monoisotopic (exact) mass is 531 g/mol. The number of benzene rings is 1. The summed E-state index contributed by atoms with van der Waals surface area (Å²) in [7, 11) is 1.71. The molecule has 1 unspecified atom stereocenters. The molecule has 0 saturated carbocycles. The Labute approximate surface area is 239 Å². The molecule has 1 rings (SSSR count). The van der Waals surface area contributed by atoms with Crippen LogP contribution in [0.25, 0.3) is 0 Å². The minimum atomic E-state index is 0.711. The molecule has 0 heterocycles. The fraction of sp³-hybridized carbons (Fsp3) is 0.833. The Hall–Kier alpha value is -1.02. The van der Waals surface area contributed by atoms with Crippen molar-refractivity contribution in [2.45, 2.75) is 175 Å². The maximum Gasteiger partial charge on any atom is 0.118 e. The van der Waals surface area contributed by atoms with E-state index in [1.165, 1.54) is 160 Å². The van der Waals surface area contributed by atoms with E-state index in [0.717, 1.165) is 18.3 Å². The molecule has 0 N–H and O–H groups in total. The highest BCUT2D eigenvalue weighted by Crippen LogP contribution is 2.25. The van der Waals surface area contributed by atoms with E-state index in [4.69, 9.17) is 9.47 Å². The van der Waals surface area contributed by atoms with E-state index in [-0.39, 0.29) is 0 Å². The van der Waals surface area contributed by atoms with Gasteiger partial charge in [0.15, 0.2) is 0 Å². The summed E-state index contributed by atoms with van der Waals surface area (Å²) in [4.78, 5) is 0. The summed E-state index contributed by atoms with van der Waals surface area (Å²) in [5.41, 5.74) is 1.23. The molecule has 0 radical (unpaired) electrons. The lowest BCUT2D eigenvalue weighted by atomic mass is 9.89. The largest absolute Gasteiger partial charge is 0.497 e. The van der Waals surface area contributed by atoms with E-state index in [2.05, 4.69) is 26.0 Å². The van der Waals surface area contributed by atoms with Gasteiger partial charge in [0.1, 0.15) is 5.75 Å². The predicted molar refractivity (Wildman–Crippen MR) is 168 cm³/mol. The number of methoxy groups -OCH3 is 1. The molecular weight excluding hydrogens is 464 g/mol. The lowest BCUT2D eigenvalue weighted by Gasteiger charge is -2.17. The fourth-order valence-corrected chi connectivity index (χ4v) is 5.65. The van der Waals surface area contributed by atoms with Crippen molar-refractivity contribution in [3.05, 3.63) is 29.8 Å². The van der Waals surface area contributed by atoms with Crippen molar-refractivity contribution in [3.8, 4) is 5.75 Å². The van der Waals surface area contributed by atoms with Crippen molar-refractivity contribution in [1.82, 2.24) is 0 Å². The molecule has 0 aliphatic heterocycles. The molecule has 0 aromatic heterocycles. The molecule has 0 aliphatic carbocycles. The summed E-state index contributed by atoms with van der Waals surface area (Å²) in [6.07, 6.45) is 34.3. The van der Waals surface area contributed by atoms with Gasteiger partial charge in [-0.2, -0.15) is 0 Å². The molecule has 1 aromatic carbocycles. The van der Waals surface area contributed by atoms with Gasteiger partial charge in [0.25, 0.3) is 0 Å². The molecule has 0 saturated heterocycles. The number of rotatable bonds is 29. The maximum atomic E-state index is 5.85. The van der Waals surface area contributed by atoms with Gasteiger partial charge >= 0.3 is 0 Å². The molecule has 1 aromatic rings. The third kappa shape index (κ3) is 21.9. The Morgan fingerprint density at radius 2 is 0.895 bits per heavy atom. The normalized spacial score (nSPS) is 12.2. The second-order valence-electron chi connectivity index (χ2n) is 11.9. The quantitative estimate of drug-likeness (QED) is 0.0959. The molecule has 0 spiro atoms. The van der Waals surface area contributed by atoms with Gasteiger partial charge in [0.2, 0.25) is 0 Å². The van der Waals surface area contributed by atoms with Crippen LogP contribution in [0.1, 0.15) is 174 Å². The molecule has 2 heteroatoms. The minimum absolute atomic E-state index is 0.711. The van der Waals surface area contributed by atoms with Gasteiger partial charge in [-0.1, -0.05) is 174 Å². The van der Waals surface area contributed by atoms with E-state index >= 15 is 0 Å². The van der Waals surface area contributed by atoms with Crippen LogP contribution in [-0.4, -0.2) is 13.7 Å². The van der Waals surface area contributed by atoms with Crippen molar-refractivity contribution < 1.29 is 9.47 Å². The molecule has 38 heavy (non-hydrogen) atoms. The van der Waals surface area contributed by atoms with E-state index in [1.807, 2.05) is 12.1 Å². The lowest BCUT2D eigenvalue weighted by Crippen LogP contribution is -2.02. The first-order chi connectivity index (χ1) is 18.8. The first-order valence-corrected chi connectivity index (χ1v) is 17.0. The summed E-state index contributed by atoms with van der Waals surface area (Å²) in [5, 5.41) is 0. The average molecular weight is 531 g/mol. The SMILES string of the molecule is CCCCCCCCCCC(CCCCCCCC)CCCCCCCCCOCc1ccc(OC)cc1. The average Bonchev–Trinajstić information content (AvgIpc) is 2.94. The van der Waals surface area contributed by atoms with Crippen molar-refractivity contribution in [2.24, 2.45) is 5.92 Å². The van der Waals surface area contributed by atoms with Crippen LogP contribution in [0.2, 0.25) is 0 Å². The van der Waals surface area contributed by atoms with Crippen molar-refractivity contribution in [3.63, 3.8) is 0 Å². The van der Waals surface area contributed by atoms with Crippen LogP contribution in [0, 0.1) is 5.92 Å². The minimum Gasteiger partial charge on any atom is -0.497 e. The Balaban J connectivity index is 2.04. The zero-order valence-corrected chi connectivity index (χ0v) is 26.1. The first kappa shape index (κ1) is 35.0. The van der Waals surface area contributed by atoms with E-state index in [9.17, 15) is 0 Å². The molecule has 0 bridgehead atoms. The summed E-state index contributed by atoms with van der Waals surface area (Å²) in [5.74, 6) is 1.91. The van der Waals surface area contributed by atoms with Crippen LogP contribution in [-0.2, 0) is 11.3 Å². The fourth-order valence-electron chi connectivity index (χ4n) is 5.65. The van der Waals surface area contributed by atoms with Crippen LogP contribution in [0.5, 0.6) is 5.75 Å². The Bertz CT molecular complexity index is 582. The van der Waals surface area contributed by atoms with Crippen LogP contribution in [0.3, 0.4) is 0 Å². The maximum absolute atomic E-state index is 5.85. The smallest absolute Gasteiger partial charge is 0.118 e.